The van der Waals surface area contributed by atoms with Gasteiger partial charge in [0, 0.05) is 0 Å². The molecule has 0 unspecified atom stereocenters. The van der Waals surface area contributed by atoms with Crippen LogP contribution < -0.4 is 4.74 Å². The molecule has 0 heterocycles. The summed E-state index contributed by atoms with van der Waals surface area (Å²) in [6.07, 6.45) is 4.56. The summed E-state index contributed by atoms with van der Waals surface area (Å²) in [5.41, 5.74) is 0.236. The van der Waals surface area contributed by atoms with Crippen molar-refractivity contribution in [3.05, 3.63) is 29.8 Å². The maximum absolute atomic E-state index is 11.0. The lowest BCUT2D eigenvalue weighted by Gasteiger charge is -2.09. The zero-order chi connectivity index (χ0) is 13.4. The van der Waals surface area contributed by atoms with Gasteiger partial charge in [-0.25, -0.2) is 4.79 Å². The summed E-state index contributed by atoms with van der Waals surface area (Å²) in [5.74, 6) is 0.276. The van der Waals surface area contributed by atoms with Crippen molar-refractivity contribution in [3.8, 4) is 5.75 Å². The van der Waals surface area contributed by atoms with E-state index in [0.717, 1.165) is 18.8 Å². The number of carboxylic acid groups (broad SMARTS) is 1. The van der Waals surface area contributed by atoms with E-state index in [9.17, 15) is 4.79 Å². The molecule has 0 saturated carbocycles. The van der Waals surface area contributed by atoms with E-state index in [1.807, 2.05) is 0 Å². The van der Waals surface area contributed by atoms with Crippen LogP contribution in [0.2, 0.25) is 0 Å². The molecule has 0 aliphatic rings. The Hall–Kier alpha value is -1.51. The molecule has 3 heteroatoms. The summed E-state index contributed by atoms with van der Waals surface area (Å²) in [4.78, 5) is 11.0. The van der Waals surface area contributed by atoms with Gasteiger partial charge in [-0.3, -0.25) is 0 Å². The second-order valence-corrected chi connectivity index (χ2v) is 4.89. The zero-order valence-electron chi connectivity index (χ0n) is 11.2. The van der Waals surface area contributed by atoms with Crippen molar-refractivity contribution < 1.29 is 14.6 Å². The number of hydrogen-bond donors (Lipinski definition) is 1. The average Bonchev–Trinajstić information content (AvgIpc) is 2.33. The van der Waals surface area contributed by atoms with Crippen molar-refractivity contribution in [1.82, 2.24) is 0 Å². The number of carboxylic acids is 1. The molecule has 0 aliphatic carbocycles. The maximum Gasteiger partial charge on any atom is 0.339 e. The van der Waals surface area contributed by atoms with Gasteiger partial charge in [-0.2, -0.15) is 0 Å². The van der Waals surface area contributed by atoms with E-state index in [1.54, 1.807) is 24.3 Å². The van der Waals surface area contributed by atoms with Crippen LogP contribution in [0.1, 0.15) is 49.9 Å². The summed E-state index contributed by atoms with van der Waals surface area (Å²) in [6, 6.07) is 6.77. The lowest BCUT2D eigenvalue weighted by Crippen LogP contribution is -2.04. The second-order valence-electron chi connectivity index (χ2n) is 4.89. The lowest BCUT2D eigenvalue weighted by atomic mass is 10.1. The Balaban J connectivity index is 2.29. The van der Waals surface area contributed by atoms with Crippen molar-refractivity contribution in [2.75, 3.05) is 6.61 Å². The van der Waals surface area contributed by atoms with Gasteiger partial charge in [0.2, 0.25) is 0 Å². The Bertz CT molecular complexity index is 372. The van der Waals surface area contributed by atoms with Crippen molar-refractivity contribution in [2.24, 2.45) is 5.92 Å². The molecule has 0 aliphatic heterocycles. The molecule has 0 bridgehead atoms. The molecule has 1 N–H and O–H groups in total. The summed E-state index contributed by atoms with van der Waals surface area (Å²) in [7, 11) is 0. The molecule has 0 aromatic heterocycles. The van der Waals surface area contributed by atoms with Gasteiger partial charge in [-0.15, -0.1) is 0 Å². The molecule has 1 aromatic carbocycles. The monoisotopic (exact) mass is 250 g/mol. The highest BCUT2D eigenvalue weighted by Crippen LogP contribution is 2.18. The molecule has 0 saturated heterocycles. The number of aromatic carboxylic acids is 1. The van der Waals surface area contributed by atoms with Crippen molar-refractivity contribution in [3.63, 3.8) is 0 Å². The lowest BCUT2D eigenvalue weighted by molar-refractivity contribution is 0.0692. The standard InChI is InChI=1S/C15H22O3/c1-12(2)8-4-3-7-11-18-14-10-6-5-9-13(14)15(16)17/h5-6,9-10,12H,3-4,7-8,11H2,1-2H3,(H,16,17). The molecule has 0 spiro atoms. The Morgan fingerprint density at radius 2 is 1.94 bits per heavy atom. The van der Waals surface area contributed by atoms with Crippen LogP contribution in [0.4, 0.5) is 0 Å². The van der Waals surface area contributed by atoms with Gasteiger partial charge in [0.05, 0.1) is 6.61 Å². The first kappa shape index (κ1) is 14.6. The Labute approximate surface area is 109 Å². The maximum atomic E-state index is 11.0. The van der Waals surface area contributed by atoms with Crippen molar-refractivity contribution >= 4 is 5.97 Å². The van der Waals surface area contributed by atoms with Crippen LogP contribution in [0.5, 0.6) is 5.75 Å². The summed E-state index contributed by atoms with van der Waals surface area (Å²) >= 11 is 0. The second kappa shape index (κ2) is 7.75. The van der Waals surface area contributed by atoms with Gasteiger partial charge in [-0.05, 0) is 24.5 Å². The first-order valence-corrected chi connectivity index (χ1v) is 6.56. The van der Waals surface area contributed by atoms with Crippen molar-refractivity contribution in [1.29, 1.82) is 0 Å². The van der Waals surface area contributed by atoms with Gasteiger partial charge in [0.15, 0.2) is 0 Å². The van der Waals surface area contributed by atoms with Gasteiger partial charge < -0.3 is 9.84 Å². The third kappa shape index (κ3) is 5.21. The number of unbranched alkanes of at least 4 members (excludes halogenated alkanes) is 2. The molecule has 100 valence electrons. The number of ether oxygens (including phenoxy) is 1. The van der Waals surface area contributed by atoms with Gasteiger partial charge in [0.1, 0.15) is 11.3 Å². The van der Waals surface area contributed by atoms with Crippen LogP contribution in [-0.4, -0.2) is 17.7 Å². The van der Waals surface area contributed by atoms with E-state index >= 15 is 0 Å². The van der Waals surface area contributed by atoms with Crippen LogP contribution in [0.3, 0.4) is 0 Å². The van der Waals surface area contributed by atoms with Gasteiger partial charge in [-0.1, -0.05) is 45.2 Å². The smallest absolute Gasteiger partial charge is 0.339 e. The normalized spacial score (nSPS) is 10.6. The SMILES string of the molecule is CC(C)CCCCCOc1ccccc1C(=O)O. The number of rotatable bonds is 8. The summed E-state index contributed by atoms with van der Waals surface area (Å²) < 4.78 is 5.52. The topological polar surface area (TPSA) is 46.5 Å². The highest BCUT2D eigenvalue weighted by molar-refractivity contribution is 5.90. The van der Waals surface area contributed by atoms with E-state index in [-0.39, 0.29) is 5.56 Å². The highest BCUT2D eigenvalue weighted by Gasteiger charge is 2.09. The average molecular weight is 250 g/mol. The molecule has 0 fully saturated rings. The molecular weight excluding hydrogens is 228 g/mol. The molecule has 3 nitrogen and oxygen atoms in total. The molecule has 18 heavy (non-hydrogen) atoms. The number of hydrogen-bond acceptors (Lipinski definition) is 2. The molecule has 1 aromatic rings. The van der Waals surface area contributed by atoms with Crippen LogP contribution >= 0.6 is 0 Å². The van der Waals surface area contributed by atoms with E-state index in [1.165, 1.54) is 12.8 Å². The first-order valence-electron chi connectivity index (χ1n) is 6.56. The predicted molar refractivity (Wildman–Crippen MR) is 72.2 cm³/mol. The largest absolute Gasteiger partial charge is 0.493 e. The third-order valence-electron chi connectivity index (χ3n) is 2.80. The Morgan fingerprint density at radius 3 is 2.61 bits per heavy atom. The third-order valence-corrected chi connectivity index (χ3v) is 2.80. The molecule has 0 atom stereocenters. The van der Waals surface area contributed by atoms with E-state index in [0.29, 0.717) is 12.4 Å². The van der Waals surface area contributed by atoms with E-state index < -0.39 is 5.97 Å². The molecular formula is C15H22O3. The summed E-state index contributed by atoms with van der Waals surface area (Å²) in [6.45, 7) is 5.03. The quantitative estimate of drug-likeness (QED) is 0.710. The fourth-order valence-electron chi connectivity index (χ4n) is 1.78. The fourth-order valence-corrected chi connectivity index (χ4v) is 1.78. The predicted octanol–water partition coefficient (Wildman–Crippen LogP) is 3.98. The number of benzene rings is 1. The van der Waals surface area contributed by atoms with Crippen LogP contribution in [-0.2, 0) is 0 Å². The van der Waals surface area contributed by atoms with E-state index in [4.69, 9.17) is 9.84 Å². The number of para-hydroxylation sites is 1. The van der Waals surface area contributed by atoms with Gasteiger partial charge in [0.25, 0.3) is 0 Å². The molecule has 0 amide bonds. The minimum atomic E-state index is -0.939. The van der Waals surface area contributed by atoms with Crippen molar-refractivity contribution in [2.45, 2.75) is 39.5 Å². The zero-order valence-corrected chi connectivity index (χ0v) is 11.2. The highest BCUT2D eigenvalue weighted by atomic mass is 16.5. The minimum absolute atomic E-state index is 0.236. The first-order chi connectivity index (χ1) is 8.61. The van der Waals surface area contributed by atoms with Crippen LogP contribution in [0, 0.1) is 5.92 Å². The van der Waals surface area contributed by atoms with E-state index in [2.05, 4.69) is 13.8 Å². The Morgan fingerprint density at radius 1 is 1.22 bits per heavy atom. The van der Waals surface area contributed by atoms with Gasteiger partial charge >= 0.3 is 5.97 Å². The van der Waals surface area contributed by atoms with Crippen LogP contribution in [0.25, 0.3) is 0 Å². The molecule has 0 radical (unpaired) electrons. The molecule has 1 rings (SSSR count). The van der Waals surface area contributed by atoms with Crippen LogP contribution in [0.15, 0.2) is 24.3 Å². The number of carbonyl (C=O) groups is 1. The minimum Gasteiger partial charge on any atom is -0.493 e. The summed E-state index contributed by atoms with van der Waals surface area (Å²) in [5, 5.41) is 8.99. The fraction of sp³-hybridized carbons (Fsp3) is 0.533. The Kier molecular flexibility index (Phi) is 6.26.